The number of carbonyl (C=O) groups excluding carboxylic acids is 1. The van der Waals surface area contributed by atoms with E-state index in [1.54, 1.807) is 36.7 Å². The molecule has 4 aromatic rings. The van der Waals surface area contributed by atoms with E-state index in [-0.39, 0.29) is 24.4 Å². The summed E-state index contributed by atoms with van der Waals surface area (Å²) in [4.78, 5) is 24.1. The van der Waals surface area contributed by atoms with Crippen LogP contribution in [0, 0.1) is 0 Å². The second kappa shape index (κ2) is 11.2. The van der Waals surface area contributed by atoms with Crippen molar-refractivity contribution in [3.8, 4) is 11.5 Å². The van der Waals surface area contributed by atoms with E-state index in [0.29, 0.717) is 17.2 Å². The number of amides is 1. The molecule has 7 nitrogen and oxygen atoms in total. The van der Waals surface area contributed by atoms with Gasteiger partial charge in [0.25, 0.3) is 5.91 Å². The maximum Gasteiger partial charge on any atom is 0.260 e. The summed E-state index contributed by atoms with van der Waals surface area (Å²) in [6.07, 6.45) is 6.31. The number of imidazole rings is 1. The second-order valence-electron chi connectivity index (χ2n) is 7.63. The highest BCUT2D eigenvalue weighted by Crippen LogP contribution is 2.32. The highest BCUT2D eigenvalue weighted by Gasteiger charge is 2.21. The van der Waals surface area contributed by atoms with Gasteiger partial charge in [-0.15, -0.1) is 12.4 Å². The van der Waals surface area contributed by atoms with Gasteiger partial charge >= 0.3 is 0 Å². The average Bonchev–Trinajstić information content (AvgIpc) is 3.45. The van der Waals surface area contributed by atoms with Crippen LogP contribution in [0.5, 0.6) is 11.5 Å². The third-order valence-electron chi connectivity index (χ3n) is 4.89. The van der Waals surface area contributed by atoms with Crippen molar-refractivity contribution in [2.24, 2.45) is 0 Å². The number of hydrogen-bond donors (Lipinski definition) is 0. The molecule has 0 aliphatic heterocycles. The van der Waals surface area contributed by atoms with Crippen LogP contribution in [-0.4, -0.2) is 40.2 Å². The zero-order valence-electron chi connectivity index (χ0n) is 18.8. The molecule has 174 valence electrons. The zero-order valence-corrected chi connectivity index (χ0v) is 20.4. The lowest BCUT2D eigenvalue weighted by atomic mass is 10.2. The number of nitrogens with zero attached hydrogens (tertiary/aromatic N) is 4. The molecule has 2 aromatic heterocycles. The highest BCUT2D eigenvalue weighted by atomic mass is 35.5. The number of halogens is 1. The van der Waals surface area contributed by atoms with Crippen LogP contribution in [0.2, 0.25) is 0 Å². The normalized spacial score (nSPS) is 10.8. The van der Waals surface area contributed by atoms with Crippen LogP contribution in [0.1, 0.15) is 30.6 Å². The number of hydrogen-bond acceptors (Lipinski definition) is 6. The predicted molar refractivity (Wildman–Crippen MR) is 134 cm³/mol. The van der Waals surface area contributed by atoms with Gasteiger partial charge in [0.05, 0.1) is 29.8 Å². The summed E-state index contributed by atoms with van der Waals surface area (Å²) in [5, 5.41) is 0.673. The summed E-state index contributed by atoms with van der Waals surface area (Å²) in [7, 11) is 1.64. The number of aromatic nitrogens is 3. The van der Waals surface area contributed by atoms with Crippen LogP contribution in [0.15, 0.2) is 61.2 Å². The minimum Gasteiger partial charge on any atom is -0.497 e. The van der Waals surface area contributed by atoms with E-state index < -0.39 is 0 Å². The molecule has 2 heterocycles. The summed E-state index contributed by atoms with van der Waals surface area (Å²) in [5.74, 6) is 1.43. The first kappa shape index (κ1) is 24.5. The number of benzene rings is 2. The smallest absolute Gasteiger partial charge is 0.260 e. The first-order chi connectivity index (χ1) is 15.5. The molecule has 0 saturated heterocycles. The minimum absolute atomic E-state index is 0. The van der Waals surface area contributed by atoms with Crippen molar-refractivity contribution in [3.63, 3.8) is 0 Å². The van der Waals surface area contributed by atoms with Gasteiger partial charge in [-0.05, 0) is 62.7 Å². The van der Waals surface area contributed by atoms with Gasteiger partial charge in [-0.2, -0.15) is 0 Å². The Morgan fingerprint density at radius 1 is 1.15 bits per heavy atom. The van der Waals surface area contributed by atoms with Crippen LogP contribution in [0.4, 0.5) is 5.13 Å². The summed E-state index contributed by atoms with van der Waals surface area (Å²) in [5.41, 5.74) is 1.44. The number of rotatable bonds is 9. The molecule has 0 atom stereocenters. The first-order valence-corrected chi connectivity index (χ1v) is 11.3. The molecule has 0 unspecified atom stereocenters. The predicted octanol–water partition coefficient (Wildman–Crippen LogP) is 5.45. The molecule has 33 heavy (non-hydrogen) atoms. The lowest BCUT2D eigenvalue weighted by Gasteiger charge is -2.20. The standard InChI is InChI=1S/C24H26N4O3S.ClH/c1-17(2)31-19-7-5-18(6-8-19)23(29)28(13-4-12-27-14-11-25-16-27)24-26-21-10-9-20(30-3)15-22(21)32-24;/h5-11,14-17H,4,12-13H2,1-3H3;1H. The number of carbonyl (C=O) groups is 1. The number of methoxy groups -OCH3 is 1. The molecule has 0 fully saturated rings. The Kier molecular flexibility index (Phi) is 8.30. The van der Waals surface area contributed by atoms with Crippen molar-refractivity contribution in [2.45, 2.75) is 32.9 Å². The van der Waals surface area contributed by atoms with E-state index in [4.69, 9.17) is 14.5 Å². The van der Waals surface area contributed by atoms with E-state index in [1.807, 2.05) is 54.9 Å². The number of fused-ring (bicyclic) bond motifs is 1. The van der Waals surface area contributed by atoms with Gasteiger partial charge in [-0.25, -0.2) is 9.97 Å². The quantitative estimate of drug-likeness (QED) is 0.314. The molecule has 0 aliphatic carbocycles. The van der Waals surface area contributed by atoms with Gasteiger partial charge in [0.15, 0.2) is 5.13 Å². The summed E-state index contributed by atoms with van der Waals surface area (Å²) in [6.45, 7) is 5.26. The molecule has 9 heteroatoms. The maximum atomic E-state index is 13.5. The molecule has 0 bridgehead atoms. The average molecular weight is 487 g/mol. The van der Waals surface area contributed by atoms with Gasteiger partial charge in [0.2, 0.25) is 0 Å². The maximum absolute atomic E-state index is 13.5. The fourth-order valence-corrected chi connectivity index (χ4v) is 4.37. The summed E-state index contributed by atoms with van der Waals surface area (Å²) >= 11 is 1.49. The van der Waals surface area contributed by atoms with Crippen molar-refractivity contribution in [1.29, 1.82) is 0 Å². The third-order valence-corrected chi connectivity index (χ3v) is 5.93. The molecule has 0 aliphatic rings. The fourth-order valence-electron chi connectivity index (χ4n) is 3.35. The molecule has 0 N–H and O–H groups in total. The molecule has 0 saturated carbocycles. The van der Waals surface area contributed by atoms with E-state index in [1.165, 1.54) is 11.3 Å². The van der Waals surface area contributed by atoms with Gasteiger partial charge in [-0.1, -0.05) is 11.3 Å². The molecular formula is C24H27ClN4O3S. The van der Waals surface area contributed by atoms with Crippen molar-refractivity contribution >= 4 is 45.0 Å². The van der Waals surface area contributed by atoms with Gasteiger partial charge < -0.3 is 14.0 Å². The van der Waals surface area contributed by atoms with E-state index in [9.17, 15) is 4.79 Å². The van der Waals surface area contributed by atoms with Crippen LogP contribution in [0.25, 0.3) is 10.2 Å². The Labute approximate surface area is 203 Å². The Hall–Kier alpha value is -3.10. The van der Waals surface area contributed by atoms with Crippen LogP contribution >= 0.6 is 23.7 Å². The SMILES string of the molecule is COc1ccc2nc(N(CCCn3ccnc3)C(=O)c3ccc(OC(C)C)cc3)sc2c1.Cl. The Morgan fingerprint density at radius 3 is 2.58 bits per heavy atom. The van der Waals surface area contributed by atoms with Gasteiger partial charge in [-0.3, -0.25) is 9.69 Å². The van der Waals surface area contributed by atoms with Crippen molar-refractivity contribution in [2.75, 3.05) is 18.6 Å². The molecule has 0 radical (unpaired) electrons. The number of ether oxygens (including phenoxy) is 2. The Bertz CT molecular complexity index is 1180. The molecular weight excluding hydrogens is 460 g/mol. The summed E-state index contributed by atoms with van der Waals surface area (Å²) in [6, 6.07) is 13.0. The van der Waals surface area contributed by atoms with E-state index >= 15 is 0 Å². The van der Waals surface area contributed by atoms with Crippen molar-refractivity contribution in [1.82, 2.24) is 14.5 Å². The molecule has 0 spiro atoms. The molecule has 1 amide bonds. The third kappa shape index (κ3) is 6.03. The monoisotopic (exact) mass is 486 g/mol. The zero-order chi connectivity index (χ0) is 22.5. The van der Waals surface area contributed by atoms with Crippen LogP contribution in [0.3, 0.4) is 0 Å². The number of thiazole rings is 1. The fraction of sp³-hybridized carbons (Fsp3) is 0.292. The van der Waals surface area contributed by atoms with Gasteiger partial charge in [0.1, 0.15) is 11.5 Å². The number of aryl methyl sites for hydroxylation is 1. The van der Waals surface area contributed by atoms with Crippen molar-refractivity contribution < 1.29 is 14.3 Å². The lowest BCUT2D eigenvalue weighted by molar-refractivity contribution is 0.0986. The highest BCUT2D eigenvalue weighted by molar-refractivity contribution is 7.22. The summed E-state index contributed by atoms with van der Waals surface area (Å²) < 4.78 is 14.0. The van der Waals surface area contributed by atoms with Crippen LogP contribution < -0.4 is 14.4 Å². The van der Waals surface area contributed by atoms with Crippen LogP contribution in [-0.2, 0) is 6.54 Å². The largest absolute Gasteiger partial charge is 0.497 e. The lowest BCUT2D eigenvalue weighted by Crippen LogP contribution is -2.32. The Morgan fingerprint density at radius 2 is 1.91 bits per heavy atom. The van der Waals surface area contributed by atoms with E-state index in [0.717, 1.165) is 34.7 Å². The molecule has 2 aromatic carbocycles. The Balaban J connectivity index is 0.00000306. The topological polar surface area (TPSA) is 69.5 Å². The van der Waals surface area contributed by atoms with Crippen molar-refractivity contribution in [3.05, 3.63) is 66.7 Å². The minimum atomic E-state index is -0.0854. The van der Waals surface area contributed by atoms with E-state index in [2.05, 4.69) is 4.98 Å². The molecule has 4 rings (SSSR count). The first-order valence-electron chi connectivity index (χ1n) is 10.5. The second-order valence-corrected chi connectivity index (χ2v) is 8.64. The number of anilines is 1. The van der Waals surface area contributed by atoms with Gasteiger partial charge in [0, 0.05) is 31.0 Å².